The van der Waals surface area contributed by atoms with Crippen molar-refractivity contribution < 1.29 is 4.74 Å². The highest BCUT2D eigenvalue weighted by Gasteiger charge is 2.45. The summed E-state index contributed by atoms with van der Waals surface area (Å²) in [6, 6.07) is 0. The van der Waals surface area contributed by atoms with Crippen LogP contribution in [0.2, 0.25) is 0 Å². The summed E-state index contributed by atoms with van der Waals surface area (Å²) < 4.78 is 5.77. The average Bonchev–Trinajstić information content (AvgIpc) is 3.13. The van der Waals surface area contributed by atoms with Crippen molar-refractivity contribution in [3.8, 4) is 0 Å². The van der Waals surface area contributed by atoms with E-state index in [9.17, 15) is 0 Å². The van der Waals surface area contributed by atoms with E-state index >= 15 is 0 Å². The molecule has 0 aromatic carbocycles. The van der Waals surface area contributed by atoms with Crippen molar-refractivity contribution in [2.45, 2.75) is 51.2 Å². The van der Waals surface area contributed by atoms with E-state index in [0.717, 1.165) is 25.6 Å². The highest BCUT2D eigenvalue weighted by Crippen LogP contribution is 2.43. The number of hydrogen-bond acceptors (Lipinski definition) is 3. The van der Waals surface area contributed by atoms with Crippen LogP contribution >= 0.6 is 0 Å². The molecule has 94 valence electrons. The van der Waals surface area contributed by atoms with Crippen molar-refractivity contribution in [3.63, 3.8) is 0 Å². The molecule has 2 atom stereocenters. The standard InChI is InChI=1S/C13H26N2O/c1-3-16-12-5-4-8-15(9-12)13(2,10-14)11-6-7-11/h11-12H,3-10,14H2,1-2H3. The van der Waals surface area contributed by atoms with Gasteiger partial charge in [0.05, 0.1) is 6.10 Å². The lowest BCUT2D eigenvalue weighted by molar-refractivity contribution is -0.0339. The third-order valence-electron chi connectivity index (χ3n) is 4.37. The molecule has 0 bridgehead atoms. The summed E-state index contributed by atoms with van der Waals surface area (Å²) in [6.45, 7) is 8.34. The number of rotatable bonds is 5. The highest BCUT2D eigenvalue weighted by atomic mass is 16.5. The second kappa shape index (κ2) is 5.03. The predicted octanol–water partition coefficient (Wildman–Crippen LogP) is 1.61. The summed E-state index contributed by atoms with van der Waals surface area (Å²) in [6.07, 6.45) is 5.64. The number of nitrogens with zero attached hydrogens (tertiary/aromatic N) is 1. The van der Waals surface area contributed by atoms with Gasteiger partial charge in [-0.25, -0.2) is 0 Å². The topological polar surface area (TPSA) is 38.5 Å². The Morgan fingerprint density at radius 2 is 2.12 bits per heavy atom. The third kappa shape index (κ3) is 2.41. The predicted molar refractivity (Wildman–Crippen MR) is 66.4 cm³/mol. The minimum absolute atomic E-state index is 0.232. The number of piperidine rings is 1. The van der Waals surface area contributed by atoms with Crippen LogP contribution in [0, 0.1) is 5.92 Å². The van der Waals surface area contributed by atoms with Gasteiger partial charge in [0.2, 0.25) is 0 Å². The van der Waals surface area contributed by atoms with Crippen LogP contribution in [0.25, 0.3) is 0 Å². The smallest absolute Gasteiger partial charge is 0.0702 e. The Morgan fingerprint density at radius 3 is 2.69 bits per heavy atom. The van der Waals surface area contributed by atoms with Crippen molar-refractivity contribution in [2.24, 2.45) is 11.7 Å². The van der Waals surface area contributed by atoms with Crippen LogP contribution in [0.3, 0.4) is 0 Å². The Labute approximate surface area is 99.3 Å². The Balaban J connectivity index is 1.96. The zero-order valence-electron chi connectivity index (χ0n) is 10.7. The molecule has 2 unspecified atom stereocenters. The Morgan fingerprint density at radius 1 is 1.38 bits per heavy atom. The molecule has 0 amide bonds. The molecule has 2 aliphatic rings. The van der Waals surface area contributed by atoms with E-state index in [-0.39, 0.29) is 5.54 Å². The molecular formula is C13H26N2O. The van der Waals surface area contributed by atoms with Crippen molar-refractivity contribution in [2.75, 3.05) is 26.2 Å². The van der Waals surface area contributed by atoms with Crippen LogP contribution in [-0.4, -0.2) is 42.8 Å². The SMILES string of the molecule is CCOC1CCCN(C(C)(CN)C2CC2)C1. The Hall–Kier alpha value is -0.120. The first-order chi connectivity index (χ1) is 7.70. The second-order valence-electron chi connectivity index (χ2n) is 5.50. The van der Waals surface area contributed by atoms with Gasteiger partial charge in [-0.1, -0.05) is 0 Å². The van der Waals surface area contributed by atoms with Crippen LogP contribution in [0.5, 0.6) is 0 Å². The van der Waals surface area contributed by atoms with E-state index in [1.807, 2.05) is 0 Å². The van der Waals surface area contributed by atoms with Gasteiger partial charge in [0.1, 0.15) is 0 Å². The maximum Gasteiger partial charge on any atom is 0.0702 e. The van der Waals surface area contributed by atoms with Gasteiger partial charge >= 0.3 is 0 Å². The van der Waals surface area contributed by atoms with Crippen molar-refractivity contribution in [1.82, 2.24) is 4.90 Å². The molecule has 1 saturated carbocycles. The van der Waals surface area contributed by atoms with Crippen molar-refractivity contribution in [3.05, 3.63) is 0 Å². The van der Waals surface area contributed by atoms with Crippen LogP contribution in [0.4, 0.5) is 0 Å². The largest absolute Gasteiger partial charge is 0.377 e. The summed E-state index contributed by atoms with van der Waals surface area (Å²) in [7, 11) is 0. The van der Waals surface area contributed by atoms with Gasteiger partial charge in [-0.3, -0.25) is 4.90 Å². The molecule has 3 nitrogen and oxygen atoms in total. The molecule has 0 aromatic rings. The Kier molecular flexibility index (Phi) is 3.88. The van der Waals surface area contributed by atoms with Crippen LogP contribution in [-0.2, 0) is 4.74 Å². The first kappa shape index (κ1) is 12.3. The first-order valence-corrected chi connectivity index (χ1v) is 6.77. The summed E-state index contributed by atoms with van der Waals surface area (Å²) in [4.78, 5) is 2.59. The second-order valence-corrected chi connectivity index (χ2v) is 5.50. The lowest BCUT2D eigenvalue weighted by Crippen LogP contribution is -2.57. The quantitative estimate of drug-likeness (QED) is 0.774. The average molecular weight is 226 g/mol. The molecule has 0 aromatic heterocycles. The monoisotopic (exact) mass is 226 g/mol. The molecule has 1 saturated heterocycles. The van der Waals surface area contributed by atoms with Crippen LogP contribution in [0.15, 0.2) is 0 Å². The minimum atomic E-state index is 0.232. The summed E-state index contributed by atoms with van der Waals surface area (Å²) in [5.74, 6) is 0.831. The Bertz CT molecular complexity index is 228. The molecular weight excluding hydrogens is 200 g/mol. The first-order valence-electron chi connectivity index (χ1n) is 6.77. The van der Waals surface area contributed by atoms with Gasteiger partial charge in [0.15, 0.2) is 0 Å². The van der Waals surface area contributed by atoms with Gasteiger partial charge in [0, 0.05) is 25.2 Å². The molecule has 1 aliphatic carbocycles. The maximum absolute atomic E-state index is 6.02. The molecule has 0 radical (unpaired) electrons. The molecule has 0 spiro atoms. The fourth-order valence-corrected chi connectivity index (χ4v) is 3.03. The van der Waals surface area contributed by atoms with Gasteiger partial charge in [-0.2, -0.15) is 0 Å². The maximum atomic E-state index is 6.02. The lowest BCUT2D eigenvalue weighted by Gasteiger charge is -2.45. The van der Waals surface area contributed by atoms with Crippen molar-refractivity contribution in [1.29, 1.82) is 0 Å². The normalized spacial score (nSPS) is 31.3. The number of nitrogens with two attached hydrogens (primary N) is 1. The fourth-order valence-electron chi connectivity index (χ4n) is 3.03. The zero-order chi connectivity index (χ0) is 11.6. The van der Waals surface area contributed by atoms with Gasteiger partial charge < -0.3 is 10.5 Å². The van der Waals surface area contributed by atoms with E-state index in [2.05, 4.69) is 18.7 Å². The van der Waals surface area contributed by atoms with Crippen molar-refractivity contribution >= 4 is 0 Å². The summed E-state index contributed by atoms with van der Waals surface area (Å²) >= 11 is 0. The molecule has 3 heteroatoms. The van der Waals surface area contributed by atoms with Crippen LogP contribution < -0.4 is 5.73 Å². The molecule has 2 fully saturated rings. The molecule has 2 rings (SSSR count). The number of likely N-dealkylation sites (tertiary alicyclic amines) is 1. The van der Waals surface area contributed by atoms with E-state index in [1.165, 1.54) is 32.2 Å². The molecule has 16 heavy (non-hydrogen) atoms. The number of hydrogen-bond donors (Lipinski definition) is 1. The van der Waals surface area contributed by atoms with E-state index < -0.39 is 0 Å². The van der Waals surface area contributed by atoms with E-state index in [4.69, 9.17) is 10.5 Å². The summed E-state index contributed by atoms with van der Waals surface area (Å²) in [5, 5.41) is 0. The van der Waals surface area contributed by atoms with Crippen LogP contribution in [0.1, 0.15) is 39.5 Å². The molecule has 1 aliphatic heterocycles. The zero-order valence-corrected chi connectivity index (χ0v) is 10.7. The third-order valence-corrected chi connectivity index (χ3v) is 4.37. The van der Waals surface area contributed by atoms with Gasteiger partial charge in [-0.15, -0.1) is 0 Å². The number of ether oxygens (including phenoxy) is 1. The minimum Gasteiger partial charge on any atom is -0.377 e. The summed E-state index contributed by atoms with van der Waals surface area (Å²) in [5.41, 5.74) is 6.25. The lowest BCUT2D eigenvalue weighted by atomic mass is 9.90. The van der Waals surface area contributed by atoms with Gasteiger partial charge in [-0.05, 0) is 52.0 Å². The van der Waals surface area contributed by atoms with E-state index in [0.29, 0.717) is 6.10 Å². The van der Waals surface area contributed by atoms with E-state index in [1.54, 1.807) is 0 Å². The fraction of sp³-hybridized carbons (Fsp3) is 1.00. The molecule has 2 N–H and O–H groups in total. The molecule has 1 heterocycles. The highest BCUT2D eigenvalue weighted by molar-refractivity contribution is 5.01. The van der Waals surface area contributed by atoms with Gasteiger partial charge in [0.25, 0.3) is 0 Å².